The van der Waals surface area contributed by atoms with E-state index in [9.17, 15) is 24.5 Å². The zero-order valence-corrected chi connectivity index (χ0v) is 21.3. The molecule has 1 N–H and O–H groups in total. The van der Waals surface area contributed by atoms with Crippen molar-refractivity contribution in [3.05, 3.63) is 97.5 Å². The zero-order valence-electron chi connectivity index (χ0n) is 19.8. The molecule has 1 aliphatic rings. The first-order chi connectivity index (χ1) is 18.2. The summed E-state index contributed by atoms with van der Waals surface area (Å²) in [6.45, 7) is 2.22. The monoisotopic (exact) mass is 555 g/mol. The number of amides is 4. The van der Waals surface area contributed by atoms with Crippen molar-refractivity contribution in [2.24, 2.45) is 0 Å². The van der Waals surface area contributed by atoms with Crippen LogP contribution >= 0.6 is 23.2 Å². The molecule has 0 unspecified atom stereocenters. The third-order valence-electron chi connectivity index (χ3n) is 5.38. The average molecular weight is 556 g/mol. The number of carbonyl (C=O) groups excluding carboxylic acids is 3. The largest absolute Gasteiger partial charge is 0.490 e. The molecule has 194 valence electrons. The Hall–Kier alpha value is -4.41. The third kappa shape index (κ3) is 5.77. The van der Waals surface area contributed by atoms with Crippen LogP contribution in [0.15, 0.2) is 66.2 Å². The van der Waals surface area contributed by atoms with Crippen LogP contribution in [0.2, 0.25) is 10.0 Å². The van der Waals surface area contributed by atoms with E-state index in [2.05, 4.69) is 5.32 Å². The minimum Gasteiger partial charge on any atom is -0.490 e. The highest BCUT2D eigenvalue weighted by Crippen LogP contribution is 2.32. The number of anilines is 1. The predicted octanol–water partition coefficient (Wildman–Crippen LogP) is 5.55. The Morgan fingerprint density at radius 2 is 1.68 bits per heavy atom. The summed E-state index contributed by atoms with van der Waals surface area (Å²) >= 11 is 12.0. The van der Waals surface area contributed by atoms with Crippen LogP contribution in [0.1, 0.15) is 18.1 Å². The van der Waals surface area contributed by atoms with Crippen molar-refractivity contribution < 1.29 is 28.8 Å². The number of nitro benzene ring substituents is 1. The second kappa shape index (κ2) is 11.3. The van der Waals surface area contributed by atoms with E-state index in [0.717, 1.165) is 4.90 Å². The number of nitrogens with one attached hydrogen (secondary N) is 1. The summed E-state index contributed by atoms with van der Waals surface area (Å²) in [5, 5.41) is 13.4. The Balaban J connectivity index is 1.59. The quantitative estimate of drug-likeness (QED) is 0.167. The van der Waals surface area contributed by atoms with E-state index >= 15 is 0 Å². The number of urea groups is 1. The highest BCUT2D eigenvalue weighted by Gasteiger charge is 2.37. The zero-order chi connectivity index (χ0) is 27.4. The van der Waals surface area contributed by atoms with E-state index < -0.39 is 22.8 Å². The Morgan fingerprint density at radius 3 is 2.34 bits per heavy atom. The number of nitrogens with zero attached hydrogens (tertiary/aromatic N) is 2. The first kappa shape index (κ1) is 26.6. The van der Waals surface area contributed by atoms with Crippen LogP contribution in [-0.2, 0) is 16.2 Å². The average Bonchev–Trinajstić information content (AvgIpc) is 2.88. The van der Waals surface area contributed by atoms with Gasteiger partial charge in [-0.15, -0.1) is 0 Å². The lowest BCUT2D eigenvalue weighted by Crippen LogP contribution is -2.54. The number of benzene rings is 3. The van der Waals surface area contributed by atoms with Crippen LogP contribution < -0.4 is 19.7 Å². The summed E-state index contributed by atoms with van der Waals surface area (Å²) in [6, 6.07) is 14.0. The number of carbonyl (C=O) groups is 3. The molecule has 10 nitrogen and oxygen atoms in total. The Morgan fingerprint density at radius 1 is 0.947 bits per heavy atom. The molecule has 3 aromatic rings. The van der Waals surface area contributed by atoms with Gasteiger partial charge < -0.3 is 9.47 Å². The van der Waals surface area contributed by atoms with E-state index in [1.165, 1.54) is 36.4 Å². The molecule has 0 saturated carbocycles. The van der Waals surface area contributed by atoms with Crippen LogP contribution in [0.3, 0.4) is 0 Å². The molecule has 4 amide bonds. The Kier molecular flexibility index (Phi) is 7.94. The van der Waals surface area contributed by atoms with Gasteiger partial charge in [0.1, 0.15) is 12.2 Å². The standard InChI is InChI=1S/C26H19Cl2N3O7/c1-2-37-23-12-16(5-10-22(23)38-14-15-3-6-17(7-4-15)31(35)36)11-19-24(32)29-26(34)30(25(19)33)18-8-9-20(27)21(28)13-18/h3-13H,2,14H2,1H3,(H,29,32,34)/b19-11+. The summed E-state index contributed by atoms with van der Waals surface area (Å²) in [7, 11) is 0. The second-order valence-electron chi connectivity index (χ2n) is 7.91. The Labute approximate surface area is 226 Å². The van der Waals surface area contributed by atoms with E-state index in [4.69, 9.17) is 32.7 Å². The molecule has 38 heavy (non-hydrogen) atoms. The Bertz CT molecular complexity index is 1470. The smallest absolute Gasteiger partial charge is 0.335 e. The van der Waals surface area contributed by atoms with Gasteiger partial charge in [-0.3, -0.25) is 25.0 Å². The van der Waals surface area contributed by atoms with Crippen molar-refractivity contribution in [3.8, 4) is 11.5 Å². The summed E-state index contributed by atoms with van der Waals surface area (Å²) in [5.41, 5.74) is 0.990. The number of nitro groups is 1. The van der Waals surface area contributed by atoms with Crippen LogP contribution in [0.5, 0.6) is 11.5 Å². The van der Waals surface area contributed by atoms with Gasteiger partial charge in [-0.25, -0.2) is 9.69 Å². The molecule has 0 radical (unpaired) electrons. The molecular weight excluding hydrogens is 537 g/mol. The van der Waals surface area contributed by atoms with Crippen LogP contribution in [0, 0.1) is 10.1 Å². The van der Waals surface area contributed by atoms with Crippen molar-refractivity contribution in [3.63, 3.8) is 0 Å². The van der Waals surface area contributed by atoms with E-state index in [1.54, 1.807) is 37.3 Å². The SMILES string of the molecule is CCOc1cc(/C=C2\C(=O)NC(=O)N(c3ccc(Cl)c(Cl)c3)C2=O)ccc1OCc1ccc([N+](=O)[O-])cc1. The first-order valence-corrected chi connectivity index (χ1v) is 11.9. The van der Waals surface area contributed by atoms with Crippen molar-refractivity contribution in [1.29, 1.82) is 0 Å². The maximum absolute atomic E-state index is 13.2. The molecule has 1 fully saturated rings. The first-order valence-electron chi connectivity index (χ1n) is 11.2. The summed E-state index contributed by atoms with van der Waals surface area (Å²) in [5.74, 6) is -0.953. The molecule has 0 aliphatic carbocycles. The number of non-ortho nitro benzene ring substituents is 1. The lowest BCUT2D eigenvalue weighted by Gasteiger charge is -2.26. The van der Waals surface area contributed by atoms with Crippen molar-refractivity contribution >= 4 is 58.5 Å². The van der Waals surface area contributed by atoms with E-state index in [-0.39, 0.29) is 33.6 Å². The van der Waals surface area contributed by atoms with Gasteiger partial charge in [0.05, 0.1) is 27.3 Å². The van der Waals surface area contributed by atoms with Crippen molar-refractivity contribution in [1.82, 2.24) is 5.32 Å². The highest BCUT2D eigenvalue weighted by molar-refractivity contribution is 6.43. The predicted molar refractivity (Wildman–Crippen MR) is 141 cm³/mol. The van der Waals surface area contributed by atoms with Crippen molar-refractivity contribution in [2.75, 3.05) is 11.5 Å². The molecule has 0 aromatic heterocycles. The van der Waals surface area contributed by atoms with E-state index in [1.807, 2.05) is 0 Å². The molecule has 0 bridgehead atoms. The molecule has 3 aromatic carbocycles. The van der Waals surface area contributed by atoms with Crippen LogP contribution in [0.25, 0.3) is 6.08 Å². The summed E-state index contributed by atoms with van der Waals surface area (Å²) in [4.78, 5) is 49.3. The molecule has 1 saturated heterocycles. The molecule has 4 rings (SSSR count). The number of halogens is 2. The fraction of sp³-hybridized carbons (Fsp3) is 0.115. The van der Waals surface area contributed by atoms with E-state index in [0.29, 0.717) is 29.2 Å². The maximum atomic E-state index is 13.2. The number of hydrogen-bond donors (Lipinski definition) is 1. The summed E-state index contributed by atoms with van der Waals surface area (Å²) in [6.07, 6.45) is 1.33. The van der Waals surface area contributed by atoms with Gasteiger partial charge in [0, 0.05) is 12.1 Å². The van der Waals surface area contributed by atoms with Gasteiger partial charge in [-0.2, -0.15) is 0 Å². The third-order valence-corrected chi connectivity index (χ3v) is 6.12. The number of barbiturate groups is 1. The van der Waals surface area contributed by atoms with Gasteiger partial charge in [0.25, 0.3) is 17.5 Å². The molecule has 0 spiro atoms. The molecular formula is C26H19Cl2N3O7. The van der Waals surface area contributed by atoms with Crippen LogP contribution in [-0.4, -0.2) is 29.4 Å². The normalized spacial score (nSPS) is 14.4. The number of imide groups is 2. The van der Waals surface area contributed by atoms with Crippen LogP contribution in [0.4, 0.5) is 16.2 Å². The minimum atomic E-state index is -0.916. The number of ether oxygens (including phenoxy) is 2. The van der Waals surface area contributed by atoms with Crippen molar-refractivity contribution in [2.45, 2.75) is 13.5 Å². The van der Waals surface area contributed by atoms with Gasteiger partial charge in [-0.1, -0.05) is 29.3 Å². The summed E-state index contributed by atoms with van der Waals surface area (Å²) < 4.78 is 11.5. The maximum Gasteiger partial charge on any atom is 0.335 e. The molecule has 12 heteroatoms. The molecule has 1 heterocycles. The molecule has 1 aliphatic heterocycles. The van der Waals surface area contributed by atoms with Gasteiger partial charge in [0.2, 0.25) is 0 Å². The lowest BCUT2D eigenvalue weighted by atomic mass is 10.1. The minimum absolute atomic E-state index is 0.0260. The fourth-order valence-corrected chi connectivity index (χ4v) is 3.85. The van der Waals surface area contributed by atoms with Gasteiger partial charge in [-0.05, 0) is 66.6 Å². The lowest BCUT2D eigenvalue weighted by molar-refractivity contribution is -0.384. The number of rotatable bonds is 8. The highest BCUT2D eigenvalue weighted by atomic mass is 35.5. The molecule has 0 atom stereocenters. The second-order valence-corrected chi connectivity index (χ2v) is 8.72. The van der Waals surface area contributed by atoms with Gasteiger partial charge in [0.15, 0.2) is 11.5 Å². The fourth-order valence-electron chi connectivity index (χ4n) is 3.56. The van der Waals surface area contributed by atoms with Gasteiger partial charge >= 0.3 is 6.03 Å². The number of hydrogen-bond acceptors (Lipinski definition) is 7. The topological polar surface area (TPSA) is 128 Å².